The molecular formula is C19H38F3IN6. The highest BCUT2D eigenvalue weighted by Gasteiger charge is 2.34. The molecule has 0 aromatic rings. The average molecular weight is 534 g/mol. The molecule has 2 rings (SSSR count). The first-order valence-corrected chi connectivity index (χ1v) is 10.7. The standard InChI is InChI=1S/C19H37F3N6.HI/c1-3-23-18(25-17-7-10-28(15-17)16-19(20,21)22)24-8-5-6-9-27-13-11-26(4-2)12-14-27;/h17H,3-16H2,1-2H3,(H2,23,24,25);1H. The van der Waals surface area contributed by atoms with Crippen molar-refractivity contribution in [3.63, 3.8) is 0 Å². The molecule has 172 valence electrons. The van der Waals surface area contributed by atoms with Gasteiger partial charge in [-0.15, -0.1) is 24.0 Å². The molecule has 0 amide bonds. The molecule has 6 nitrogen and oxygen atoms in total. The predicted molar refractivity (Wildman–Crippen MR) is 123 cm³/mol. The Labute approximate surface area is 190 Å². The van der Waals surface area contributed by atoms with E-state index in [1.807, 2.05) is 6.92 Å². The van der Waals surface area contributed by atoms with Crippen molar-refractivity contribution in [3.05, 3.63) is 0 Å². The number of aliphatic imine (C=N–C) groups is 1. The molecule has 0 aromatic carbocycles. The second-order valence-corrected chi connectivity index (χ2v) is 7.72. The van der Waals surface area contributed by atoms with Crippen LogP contribution < -0.4 is 10.6 Å². The number of nitrogens with zero attached hydrogens (tertiary/aromatic N) is 4. The SMILES string of the molecule is CCNC(=NCCCCN1CCN(CC)CC1)NC1CCN(CC(F)(F)F)C1.I. The van der Waals surface area contributed by atoms with Gasteiger partial charge in [-0.1, -0.05) is 6.92 Å². The van der Waals surface area contributed by atoms with Gasteiger partial charge in [-0.25, -0.2) is 0 Å². The minimum Gasteiger partial charge on any atom is -0.357 e. The van der Waals surface area contributed by atoms with Crippen LogP contribution in [0.4, 0.5) is 13.2 Å². The van der Waals surface area contributed by atoms with E-state index in [0.29, 0.717) is 19.5 Å². The Kier molecular flexibility index (Phi) is 12.8. The summed E-state index contributed by atoms with van der Waals surface area (Å²) in [4.78, 5) is 11.1. The fraction of sp³-hybridized carbons (Fsp3) is 0.947. The van der Waals surface area contributed by atoms with Crippen molar-refractivity contribution in [1.82, 2.24) is 25.3 Å². The number of likely N-dealkylation sites (N-methyl/N-ethyl adjacent to an activating group) is 1. The van der Waals surface area contributed by atoms with E-state index in [-0.39, 0.29) is 30.0 Å². The Morgan fingerprint density at radius 1 is 1.00 bits per heavy atom. The maximum absolute atomic E-state index is 12.5. The fourth-order valence-corrected chi connectivity index (χ4v) is 3.83. The van der Waals surface area contributed by atoms with E-state index in [0.717, 1.165) is 71.2 Å². The highest BCUT2D eigenvalue weighted by Crippen LogP contribution is 2.19. The Balaban J connectivity index is 0.00000420. The van der Waals surface area contributed by atoms with Gasteiger partial charge in [-0.2, -0.15) is 13.2 Å². The van der Waals surface area contributed by atoms with E-state index in [9.17, 15) is 13.2 Å². The first-order chi connectivity index (χ1) is 13.4. The van der Waals surface area contributed by atoms with Gasteiger partial charge in [0.05, 0.1) is 6.54 Å². The van der Waals surface area contributed by atoms with Crippen molar-refractivity contribution in [1.29, 1.82) is 0 Å². The first kappa shape index (κ1) is 26.7. The Hall–Kier alpha value is -0.330. The maximum Gasteiger partial charge on any atom is 0.401 e. The molecule has 2 aliphatic heterocycles. The summed E-state index contributed by atoms with van der Waals surface area (Å²) in [6, 6.07) is 0.0232. The van der Waals surface area contributed by atoms with Gasteiger partial charge in [0.15, 0.2) is 5.96 Å². The summed E-state index contributed by atoms with van der Waals surface area (Å²) in [7, 11) is 0. The Morgan fingerprint density at radius 2 is 1.69 bits per heavy atom. The number of unbranched alkanes of at least 4 members (excludes halogenated alkanes) is 1. The molecule has 0 bridgehead atoms. The summed E-state index contributed by atoms with van der Waals surface area (Å²) >= 11 is 0. The van der Waals surface area contributed by atoms with Crippen LogP contribution in [0.2, 0.25) is 0 Å². The highest BCUT2D eigenvalue weighted by atomic mass is 127. The molecule has 2 N–H and O–H groups in total. The van der Waals surface area contributed by atoms with E-state index >= 15 is 0 Å². The van der Waals surface area contributed by atoms with Gasteiger partial charge in [-0.3, -0.25) is 9.89 Å². The normalized spacial score (nSPS) is 22.5. The summed E-state index contributed by atoms with van der Waals surface area (Å²) < 4.78 is 37.6. The van der Waals surface area contributed by atoms with E-state index in [2.05, 4.69) is 32.3 Å². The van der Waals surface area contributed by atoms with Crippen molar-refractivity contribution < 1.29 is 13.2 Å². The second-order valence-electron chi connectivity index (χ2n) is 7.72. The van der Waals surface area contributed by atoms with Crippen LogP contribution in [0.3, 0.4) is 0 Å². The number of rotatable bonds is 9. The zero-order valence-corrected chi connectivity index (χ0v) is 20.1. The van der Waals surface area contributed by atoms with Crippen LogP contribution >= 0.6 is 24.0 Å². The number of piperazine rings is 1. The van der Waals surface area contributed by atoms with E-state index < -0.39 is 12.7 Å². The van der Waals surface area contributed by atoms with Crippen LogP contribution in [0.15, 0.2) is 4.99 Å². The third-order valence-corrected chi connectivity index (χ3v) is 5.42. The summed E-state index contributed by atoms with van der Waals surface area (Å²) in [5.41, 5.74) is 0. The van der Waals surface area contributed by atoms with Gasteiger partial charge in [0, 0.05) is 58.4 Å². The van der Waals surface area contributed by atoms with Gasteiger partial charge < -0.3 is 20.4 Å². The molecule has 0 aromatic heterocycles. The summed E-state index contributed by atoms with van der Waals surface area (Å²) in [5.74, 6) is 0.720. The topological polar surface area (TPSA) is 46.1 Å². The van der Waals surface area contributed by atoms with Gasteiger partial charge >= 0.3 is 6.18 Å². The zero-order chi connectivity index (χ0) is 20.4. The smallest absolute Gasteiger partial charge is 0.357 e. The van der Waals surface area contributed by atoms with Crippen molar-refractivity contribution in [2.75, 3.05) is 72.0 Å². The predicted octanol–water partition coefficient (Wildman–Crippen LogP) is 2.21. The van der Waals surface area contributed by atoms with E-state index in [1.165, 1.54) is 4.90 Å². The zero-order valence-electron chi connectivity index (χ0n) is 17.8. The molecule has 0 saturated carbocycles. The molecule has 2 heterocycles. The lowest BCUT2D eigenvalue weighted by Crippen LogP contribution is -2.46. The lowest BCUT2D eigenvalue weighted by atomic mass is 10.2. The molecule has 0 spiro atoms. The quantitative estimate of drug-likeness (QED) is 0.206. The monoisotopic (exact) mass is 534 g/mol. The number of guanidine groups is 1. The molecule has 10 heteroatoms. The van der Waals surface area contributed by atoms with E-state index in [4.69, 9.17) is 0 Å². The van der Waals surface area contributed by atoms with Gasteiger partial charge in [0.2, 0.25) is 0 Å². The van der Waals surface area contributed by atoms with Gasteiger partial charge in [0.25, 0.3) is 0 Å². The largest absolute Gasteiger partial charge is 0.401 e. The lowest BCUT2D eigenvalue weighted by molar-refractivity contribution is -0.143. The molecule has 0 aliphatic carbocycles. The van der Waals surface area contributed by atoms with Gasteiger partial charge in [0.1, 0.15) is 0 Å². The first-order valence-electron chi connectivity index (χ1n) is 10.7. The average Bonchev–Trinajstić information content (AvgIpc) is 3.07. The molecule has 0 radical (unpaired) electrons. The number of alkyl halides is 3. The number of likely N-dealkylation sites (tertiary alicyclic amines) is 1. The van der Waals surface area contributed by atoms with Crippen LogP contribution in [-0.2, 0) is 0 Å². The molecule has 2 aliphatic rings. The van der Waals surface area contributed by atoms with Crippen molar-refractivity contribution in [2.45, 2.75) is 45.3 Å². The van der Waals surface area contributed by atoms with Crippen LogP contribution in [0.1, 0.15) is 33.1 Å². The third kappa shape index (κ3) is 11.0. The van der Waals surface area contributed by atoms with Crippen molar-refractivity contribution in [3.8, 4) is 0 Å². The van der Waals surface area contributed by atoms with Gasteiger partial charge in [-0.05, 0) is 39.3 Å². The molecule has 1 unspecified atom stereocenters. The third-order valence-electron chi connectivity index (χ3n) is 5.42. The van der Waals surface area contributed by atoms with Crippen LogP contribution in [0.25, 0.3) is 0 Å². The fourth-order valence-electron chi connectivity index (χ4n) is 3.83. The van der Waals surface area contributed by atoms with Crippen molar-refractivity contribution >= 4 is 29.9 Å². The molecule has 1 atom stereocenters. The minimum absolute atomic E-state index is 0. The maximum atomic E-state index is 12.5. The van der Waals surface area contributed by atoms with Crippen LogP contribution in [0.5, 0.6) is 0 Å². The molecule has 2 saturated heterocycles. The van der Waals surface area contributed by atoms with E-state index in [1.54, 1.807) is 0 Å². The number of halogens is 4. The van der Waals surface area contributed by atoms with Crippen molar-refractivity contribution in [2.24, 2.45) is 4.99 Å². The Bertz CT molecular complexity index is 469. The minimum atomic E-state index is -4.13. The lowest BCUT2D eigenvalue weighted by Gasteiger charge is -2.33. The second kappa shape index (κ2) is 13.9. The van der Waals surface area contributed by atoms with Crippen LogP contribution in [0, 0.1) is 0 Å². The molecular weight excluding hydrogens is 496 g/mol. The number of nitrogens with one attached hydrogen (secondary N) is 2. The summed E-state index contributed by atoms with van der Waals surface area (Å²) in [6.45, 7) is 12.6. The Morgan fingerprint density at radius 3 is 2.31 bits per heavy atom. The summed E-state index contributed by atoms with van der Waals surface area (Å²) in [6.07, 6.45) is -1.27. The molecule has 29 heavy (non-hydrogen) atoms. The number of hydrogen-bond acceptors (Lipinski definition) is 4. The highest BCUT2D eigenvalue weighted by molar-refractivity contribution is 14.0. The summed E-state index contributed by atoms with van der Waals surface area (Å²) in [5, 5.41) is 6.50. The number of hydrogen-bond donors (Lipinski definition) is 2. The molecule has 2 fully saturated rings. The van der Waals surface area contributed by atoms with Crippen LogP contribution in [-0.4, -0.2) is 105 Å².